The van der Waals surface area contributed by atoms with E-state index in [4.69, 9.17) is 0 Å². The number of nitrogens with zero attached hydrogens (tertiary/aromatic N) is 4. The lowest BCUT2D eigenvalue weighted by Crippen LogP contribution is -2.41. The molecule has 6 nitrogen and oxygen atoms in total. The van der Waals surface area contributed by atoms with Gasteiger partial charge in [0.25, 0.3) is 5.56 Å². The van der Waals surface area contributed by atoms with Crippen LogP contribution in [0.5, 0.6) is 0 Å². The van der Waals surface area contributed by atoms with Crippen molar-refractivity contribution in [2.24, 2.45) is 7.05 Å². The van der Waals surface area contributed by atoms with Crippen LogP contribution in [0.15, 0.2) is 46.3 Å². The highest BCUT2D eigenvalue weighted by Crippen LogP contribution is 2.26. The zero-order valence-corrected chi connectivity index (χ0v) is 18.9. The lowest BCUT2D eigenvalue weighted by molar-refractivity contribution is -0.131. The summed E-state index contributed by atoms with van der Waals surface area (Å²) in [5.41, 5.74) is 1.68. The van der Waals surface area contributed by atoms with Gasteiger partial charge in [-0.15, -0.1) is 0 Å². The first-order valence-electron chi connectivity index (χ1n) is 10.0. The molecule has 0 aliphatic rings. The molecule has 0 radical (unpaired) electrons. The molecule has 0 fully saturated rings. The third-order valence-electron chi connectivity index (χ3n) is 4.64. The topological polar surface area (TPSA) is 58.4 Å². The third kappa shape index (κ3) is 7.01. The summed E-state index contributed by atoms with van der Waals surface area (Å²) in [6.45, 7) is 5.91. The van der Waals surface area contributed by atoms with Crippen molar-refractivity contribution >= 4 is 17.7 Å². The quantitative estimate of drug-likeness (QED) is 0.440. The van der Waals surface area contributed by atoms with Gasteiger partial charge in [-0.1, -0.05) is 55.4 Å². The van der Waals surface area contributed by atoms with Crippen LogP contribution >= 0.6 is 11.8 Å². The Bertz CT molecular complexity index is 852. The number of benzene rings is 1. The molecule has 1 unspecified atom stereocenters. The lowest BCUT2D eigenvalue weighted by Gasteiger charge is -2.28. The summed E-state index contributed by atoms with van der Waals surface area (Å²) >= 11 is 1.40. The van der Waals surface area contributed by atoms with E-state index in [-0.39, 0.29) is 16.7 Å². The second-order valence-electron chi connectivity index (χ2n) is 7.52. The molecule has 1 amide bonds. The number of hydrogen-bond acceptors (Lipinski definition) is 5. The first kappa shape index (κ1) is 23.2. The van der Waals surface area contributed by atoms with E-state index >= 15 is 0 Å². The van der Waals surface area contributed by atoms with Gasteiger partial charge in [0.1, 0.15) is 0 Å². The summed E-state index contributed by atoms with van der Waals surface area (Å²) in [4.78, 5) is 34.2. The lowest BCUT2D eigenvalue weighted by atomic mass is 10.1. The first-order valence-corrected chi connectivity index (χ1v) is 10.9. The van der Waals surface area contributed by atoms with E-state index in [1.807, 2.05) is 49.3 Å². The molecule has 0 N–H and O–H groups in total. The molecule has 7 heteroatoms. The van der Waals surface area contributed by atoms with E-state index in [1.165, 1.54) is 22.4 Å². The highest BCUT2D eigenvalue weighted by atomic mass is 32.2. The minimum absolute atomic E-state index is 0.0957. The Hall–Kier alpha value is -2.12. The van der Waals surface area contributed by atoms with Crippen molar-refractivity contribution in [2.75, 3.05) is 27.2 Å². The summed E-state index contributed by atoms with van der Waals surface area (Å²) < 4.78 is 1.52. The molecule has 29 heavy (non-hydrogen) atoms. The van der Waals surface area contributed by atoms with Crippen LogP contribution in [0.2, 0.25) is 0 Å². The minimum Gasteiger partial charge on any atom is -0.336 e. The highest BCUT2D eigenvalue weighted by molar-refractivity contribution is 8.00. The van der Waals surface area contributed by atoms with E-state index in [0.717, 1.165) is 24.9 Å². The Kier molecular flexibility index (Phi) is 8.92. The molecule has 1 atom stereocenters. The van der Waals surface area contributed by atoms with Gasteiger partial charge < -0.3 is 9.80 Å². The Balaban J connectivity index is 2.26. The van der Waals surface area contributed by atoms with Gasteiger partial charge in [0.05, 0.1) is 5.25 Å². The van der Waals surface area contributed by atoms with E-state index in [1.54, 1.807) is 14.0 Å². The Morgan fingerprint density at radius 1 is 1.21 bits per heavy atom. The van der Waals surface area contributed by atoms with Gasteiger partial charge in [0.2, 0.25) is 5.91 Å². The number of carbonyl (C=O) groups is 1. The molecule has 0 aliphatic carbocycles. The van der Waals surface area contributed by atoms with Gasteiger partial charge in [-0.25, -0.2) is 4.98 Å². The van der Waals surface area contributed by atoms with E-state index in [9.17, 15) is 9.59 Å². The van der Waals surface area contributed by atoms with Crippen LogP contribution in [0.1, 0.15) is 31.0 Å². The van der Waals surface area contributed by atoms with Crippen molar-refractivity contribution in [3.63, 3.8) is 0 Å². The maximum absolute atomic E-state index is 13.5. The standard InChI is InChI=1S/C22H32N4O2S/c1-6-10-19(29-22-23-17(2)15-20(27)25(22)5)21(28)26(14-13-24(3)4)16-18-11-8-7-9-12-18/h7-9,11-12,15,19H,6,10,13-14,16H2,1-5H3. The molecule has 0 saturated carbocycles. The van der Waals surface area contributed by atoms with Gasteiger partial charge in [-0.2, -0.15) is 0 Å². The van der Waals surface area contributed by atoms with Crippen LogP contribution in [0.25, 0.3) is 0 Å². The maximum Gasteiger partial charge on any atom is 0.254 e. The number of thioether (sulfide) groups is 1. The molecule has 0 spiro atoms. The zero-order valence-electron chi connectivity index (χ0n) is 18.1. The second-order valence-corrected chi connectivity index (χ2v) is 8.69. The molecule has 0 bridgehead atoms. The van der Waals surface area contributed by atoms with Crippen LogP contribution in [0.3, 0.4) is 0 Å². The van der Waals surface area contributed by atoms with Crippen molar-refractivity contribution in [1.29, 1.82) is 0 Å². The summed E-state index contributed by atoms with van der Waals surface area (Å²) in [5, 5.41) is 0.319. The number of carbonyl (C=O) groups excluding carboxylic acids is 1. The fourth-order valence-electron chi connectivity index (χ4n) is 2.95. The molecule has 1 aromatic heterocycles. The van der Waals surface area contributed by atoms with Crippen molar-refractivity contribution in [1.82, 2.24) is 19.4 Å². The molecule has 2 rings (SSSR count). The molecule has 1 aromatic carbocycles. The van der Waals surface area contributed by atoms with Crippen LogP contribution < -0.4 is 5.56 Å². The monoisotopic (exact) mass is 416 g/mol. The second kappa shape index (κ2) is 11.2. The van der Waals surface area contributed by atoms with Gasteiger partial charge in [-0.3, -0.25) is 14.2 Å². The summed E-state index contributed by atoms with van der Waals surface area (Å²) in [7, 11) is 5.73. The Labute approximate surface area is 177 Å². The smallest absolute Gasteiger partial charge is 0.254 e. The molecular weight excluding hydrogens is 384 g/mol. The van der Waals surface area contributed by atoms with Crippen LogP contribution in [-0.4, -0.2) is 57.7 Å². The summed E-state index contributed by atoms with van der Waals surface area (Å²) in [5.74, 6) is 0.0957. The highest BCUT2D eigenvalue weighted by Gasteiger charge is 2.26. The zero-order chi connectivity index (χ0) is 21.4. The van der Waals surface area contributed by atoms with Gasteiger partial charge in [0, 0.05) is 38.4 Å². The number of likely N-dealkylation sites (N-methyl/N-ethyl adjacent to an activating group) is 1. The number of amides is 1. The normalized spacial score (nSPS) is 12.2. The third-order valence-corrected chi connectivity index (χ3v) is 5.94. The van der Waals surface area contributed by atoms with Crippen molar-refractivity contribution < 1.29 is 4.79 Å². The fraction of sp³-hybridized carbons (Fsp3) is 0.500. The Morgan fingerprint density at radius 2 is 1.90 bits per heavy atom. The summed E-state index contributed by atoms with van der Waals surface area (Å²) in [6.07, 6.45) is 1.62. The number of rotatable bonds is 10. The van der Waals surface area contributed by atoms with Crippen molar-refractivity contribution in [3.8, 4) is 0 Å². The van der Waals surface area contributed by atoms with Gasteiger partial charge in [-0.05, 0) is 33.0 Å². The average Bonchev–Trinajstić information content (AvgIpc) is 2.68. The van der Waals surface area contributed by atoms with Gasteiger partial charge >= 0.3 is 0 Å². The molecule has 0 saturated heterocycles. The van der Waals surface area contributed by atoms with E-state index < -0.39 is 0 Å². The Morgan fingerprint density at radius 3 is 2.52 bits per heavy atom. The number of hydrogen-bond donors (Lipinski definition) is 0. The van der Waals surface area contributed by atoms with Crippen LogP contribution in [0, 0.1) is 6.92 Å². The molecule has 1 heterocycles. The predicted octanol–water partition coefficient (Wildman–Crippen LogP) is 2.94. The van der Waals surface area contributed by atoms with Crippen molar-refractivity contribution in [3.05, 3.63) is 58.0 Å². The average molecular weight is 417 g/mol. The predicted molar refractivity (Wildman–Crippen MR) is 119 cm³/mol. The van der Waals surface area contributed by atoms with E-state index in [0.29, 0.717) is 23.9 Å². The molecule has 0 aliphatic heterocycles. The first-order chi connectivity index (χ1) is 13.8. The molecular formula is C22H32N4O2S. The largest absolute Gasteiger partial charge is 0.336 e. The molecule has 2 aromatic rings. The fourth-order valence-corrected chi connectivity index (χ4v) is 4.25. The maximum atomic E-state index is 13.5. The van der Waals surface area contributed by atoms with Crippen LogP contribution in [0.4, 0.5) is 0 Å². The minimum atomic E-state index is -0.272. The van der Waals surface area contributed by atoms with Gasteiger partial charge in [0.15, 0.2) is 5.16 Å². The van der Waals surface area contributed by atoms with Crippen molar-refractivity contribution in [2.45, 2.75) is 43.6 Å². The molecule has 158 valence electrons. The van der Waals surface area contributed by atoms with Crippen LogP contribution in [-0.2, 0) is 18.4 Å². The SMILES string of the molecule is CCCC(Sc1nc(C)cc(=O)n1C)C(=O)N(CCN(C)C)Cc1ccccc1. The number of aromatic nitrogens is 2. The van der Waals surface area contributed by atoms with E-state index in [2.05, 4.69) is 16.8 Å². The number of aryl methyl sites for hydroxylation is 1. The summed E-state index contributed by atoms with van der Waals surface area (Å²) in [6, 6.07) is 11.6.